The van der Waals surface area contributed by atoms with Crippen molar-refractivity contribution < 1.29 is 33.3 Å². The van der Waals surface area contributed by atoms with Crippen molar-refractivity contribution >= 4 is 57.7 Å². The van der Waals surface area contributed by atoms with Crippen LogP contribution in [0.15, 0.2) is 42.5 Å². The summed E-state index contributed by atoms with van der Waals surface area (Å²) in [5.41, 5.74) is 1.53. The number of carbonyl (C=O) groups excluding carboxylic acids is 3. The molecule has 0 saturated carbocycles. The molecule has 2 aliphatic heterocycles. The number of amides is 2. The minimum absolute atomic E-state index is 0.0756. The Morgan fingerprint density at radius 3 is 2.24 bits per heavy atom. The van der Waals surface area contributed by atoms with E-state index in [0.717, 1.165) is 0 Å². The van der Waals surface area contributed by atoms with Crippen molar-refractivity contribution in [3.63, 3.8) is 0 Å². The van der Waals surface area contributed by atoms with Gasteiger partial charge in [0.2, 0.25) is 17.6 Å². The second-order valence-electron chi connectivity index (χ2n) is 8.45. The number of carbonyl (C=O) groups is 3. The normalized spacial score (nSPS) is 17.7. The first-order valence-electron chi connectivity index (χ1n) is 11.9. The zero-order chi connectivity index (χ0) is 27.2. The summed E-state index contributed by atoms with van der Waals surface area (Å²) in [4.78, 5) is 41.7. The number of imide groups is 1. The maximum atomic E-state index is 13.0. The molecule has 2 fully saturated rings. The second-order valence-corrected chi connectivity index (χ2v) is 10.3. The van der Waals surface area contributed by atoms with E-state index in [1.54, 1.807) is 42.5 Å². The molecule has 0 aromatic heterocycles. The highest BCUT2D eigenvalue weighted by Gasteiger charge is 2.41. The summed E-state index contributed by atoms with van der Waals surface area (Å²) < 4.78 is 22.0. The summed E-state index contributed by atoms with van der Waals surface area (Å²) in [6.45, 7) is 2.53. The number of methoxy groups -OCH3 is 3. The Hall–Kier alpha value is -3.41. The minimum atomic E-state index is -0.569. The van der Waals surface area contributed by atoms with Gasteiger partial charge in [0.1, 0.15) is 9.57 Å². The van der Waals surface area contributed by atoms with Gasteiger partial charge >= 0.3 is 0 Å². The fourth-order valence-corrected chi connectivity index (χ4v) is 5.69. The van der Waals surface area contributed by atoms with Crippen LogP contribution in [0, 0.1) is 0 Å². The van der Waals surface area contributed by atoms with E-state index in [4.69, 9.17) is 31.2 Å². The van der Waals surface area contributed by atoms with Gasteiger partial charge in [-0.1, -0.05) is 30.1 Å². The first-order valence-corrected chi connectivity index (χ1v) is 13.2. The number of nitrogens with zero attached hydrogens (tertiary/aromatic N) is 2. The Balaban J connectivity index is 1.42. The smallest absolute Gasteiger partial charge is 0.247 e. The summed E-state index contributed by atoms with van der Waals surface area (Å²) in [5, 5.41) is -0.569. The molecular formula is C27H28N2O7S2. The van der Waals surface area contributed by atoms with E-state index in [9.17, 15) is 14.4 Å². The summed E-state index contributed by atoms with van der Waals surface area (Å²) >= 11 is 6.74. The van der Waals surface area contributed by atoms with Crippen molar-refractivity contribution in [1.82, 2.24) is 4.90 Å². The summed E-state index contributed by atoms with van der Waals surface area (Å²) in [6.07, 6.45) is 3.15. The quantitative estimate of drug-likeness (QED) is 0.208. The molecule has 2 aliphatic rings. The van der Waals surface area contributed by atoms with E-state index in [1.807, 2.05) is 4.90 Å². The Bertz CT molecular complexity index is 1230. The van der Waals surface area contributed by atoms with Gasteiger partial charge in [-0.3, -0.25) is 14.4 Å². The lowest BCUT2D eigenvalue weighted by molar-refractivity contribution is -0.121. The first kappa shape index (κ1) is 27.6. The molecule has 2 amide bonds. The van der Waals surface area contributed by atoms with Gasteiger partial charge in [-0.05, 0) is 48.0 Å². The second kappa shape index (κ2) is 12.4. The number of ketones is 1. The fraction of sp³-hybridized carbons (Fsp3) is 0.333. The van der Waals surface area contributed by atoms with Crippen LogP contribution in [0.4, 0.5) is 5.69 Å². The zero-order valence-corrected chi connectivity index (χ0v) is 22.9. The molecule has 2 aromatic carbocycles. The molecule has 9 nitrogen and oxygen atoms in total. The summed E-state index contributed by atoms with van der Waals surface area (Å²) in [7, 11) is 4.56. The van der Waals surface area contributed by atoms with Gasteiger partial charge in [0.25, 0.3) is 0 Å². The SMILES string of the molecule is COc1cc(C=CC(=O)c2ccc(N3C(=O)CC(SC(=S)N4CCOCC4)C3=O)cc2)cc(OC)c1OC. The van der Waals surface area contributed by atoms with Gasteiger partial charge in [-0.2, -0.15) is 0 Å². The van der Waals surface area contributed by atoms with E-state index in [0.29, 0.717) is 64.7 Å². The number of allylic oxidation sites excluding steroid dienone is 1. The summed E-state index contributed by atoms with van der Waals surface area (Å²) in [5.74, 6) is 0.573. The Kier molecular flexibility index (Phi) is 9.03. The lowest BCUT2D eigenvalue weighted by Gasteiger charge is -2.29. The molecule has 4 rings (SSSR count). The molecule has 2 aromatic rings. The standard InChI is InChI=1S/C27H28N2O7S2/c1-33-21-14-17(15-22(34-2)25(21)35-3)4-9-20(30)18-5-7-19(8-6-18)29-24(31)16-23(26(29)32)38-27(37)28-10-12-36-13-11-28/h4-9,14-15,23H,10-13,16H2,1-3H3. The topological polar surface area (TPSA) is 94.6 Å². The van der Waals surface area contributed by atoms with Gasteiger partial charge in [-0.15, -0.1) is 0 Å². The largest absolute Gasteiger partial charge is 0.493 e. The molecule has 0 aliphatic carbocycles. The van der Waals surface area contributed by atoms with E-state index in [-0.39, 0.29) is 24.0 Å². The molecular weight excluding hydrogens is 528 g/mol. The monoisotopic (exact) mass is 556 g/mol. The predicted octanol–water partition coefficient (Wildman–Crippen LogP) is 3.59. The summed E-state index contributed by atoms with van der Waals surface area (Å²) in [6, 6.07) is 9.86. The molecule has 200 valence electrons. The number of hydrogen-bond acceptors (Lipinski definition) is 9. The van der Waals surface area contributed by atoms with Crippen molar-refractivity contribution in [2.45, 2.75) is 11.7 Å². The van der Waals surface area contributed by atoms with Gasteiger partial charge < -0.3 is 23.8 Å². The molecule has 11 heteroatoms. The third kappa shape index (κ3) is 6.01. The number of ether oxygens (including phenoxy) is 4. The Morgan fingerprint density at radius 1 is 1.03 bits per heavy atom. The molecule has 38 heavy (non-hydrogen) atoms. The van der Waals surface area contributed by atoms with Crippen molar-refractivity contribution in [1.29, 1.82) is 0 Å². The molecule has 0 N–H and O–H groups in total. The van der Waals surface area contributed by atoms with Crippen LogP contribution in [0.5, 0.6) is 17.2 Å². The maximum absolute atomic E-state index is 13.0. The van der Waals surface area contributed by atoms with Crippen LogP contribution in [-0.2, 0) is 14.3 Å². The number of hydrogen-bond donors (Lipinski definition) is 0. The van der Waals surface area contributed by atoms with Crippen LogP contribution < -0.4 is 19.1 Å². The van der Waals surface area contributed by atoms with Gasteiger partial charge in [0.05, 0.1) is 40.2 Å². The van der Waals surface area contributed by atoms with Crippen LogP contribution in [0.3, 0.4) is 0 Å². The van der Waals surface area contributed by atoms with Gasteiger partial charge in [0.15, 0.2) is 17.3 Å². The van der Waals surface area contributed by atoms with Crippen molar-refractivity contribution in [3.05, 3.63) is 53.6 Å². The predicted molar refractivity (Wildman–Crippen MR) is 149 cm³/mol. The molecule has 1 unspecified atom stereocenters. The van der Waals surface area contributed by atoms with Crippen LogP contribution >= 0.6 is 24.0 Å². The molecule has 2 heterocycles. The lowest BCUT2D eigenvalue weighted by atomic mass is 10.1. The Morgan fingerprint density at radius 2 is 1.66 bits per heavy atom. The molecule has 2 saturated heterocycles. The lowest BCUT2D eigenvalue weighted by Crippen LogP contribution is -2.39. The number of thioether (sulfide) groups is 1. The van der Waals surface area contributed by atoms with E-state index < -0.39 is 5.25 Å². The zero-order valence-electron chi connectivity index (χ0n) is 21.3. The number of morpholine rings is 1. The molecule has 0 bridgehead atoms. The Labute approximate surface area is 230 Å². The van der Waals surface area contributed by atoms with E-state index >= 15 is 0 Å². The van der Waals surface area contributed by atoms with Crippen LogP contribution in [0.25, 0.3) is 6.08 Å². The average Bonchev–Trinajstić information content (AvgIpc) is 3.23. The first-order chi connectivity index (χ1) is 18.4. The van der Waals surface area contributed by atoms with Crippen molar-refractivity contribution in [2.24, 2.45) is 0 Å². The average molecular weight is 557 g/mol. The number of anilines is 1. The highest BCUT2D eigenvalue weighted by atomic mass is 32.2. The minimum Gasteiger partial charge on any atom is -0.493 e. The van der Waals surface area contributed by atoms with E-state index in [1.165, 1.54) is 44.1 Å². The molecule has 1 atom stereocenters. The van der Waals surface area contributed by atoms with Gasteiger partial charge in [0, 0.05) is 25.1 Å². The number of thiocarbonyl (C=S) groups is 1. The van der Waals surface area contributed by atoms with Crippen LogP contribution in [0.1, 0.15) is 22.3 Å². The van der Waals surface area contributed by atoms with Crippen LogP contribution in [0.2, 0.25) is 0 Å². The molecule has 0 radical (unpaired) electrons. The van der Waals surface area contributed by atoms with Crippen LogP contribution in [-0.4, -0.2) is 79.7 Å². The van der Waals surface area contributed by atoms with Gasteiger partial charge in [-0.25, -0.2) is 4.90 Å². The number of rotatable bonds is 8. The third-order valence-electron chi connectivity index (χ3n) is 6.14. The highest BCUT2D eigenvalue weighted by molar-refractivity contribution is 8.23. The number of benzene rings is 2. The third-order valence-corrected chi connectivity index (χ3v) is 7.80. The maximum Gasteiger partial charge on any atom is 0.247 e. The van der Waals surface area contributed by atoms with Crippen molar-refractivity contribution in [3.8, 4) is 17.2 Å². The van der Waals surface area contributed by atoms with Crippen molar-refractivity contribution in [2.75, 3.05) is 52.5 Å². The van der Waals surface area contributed by atoms with E-state index in [2.05, 4.69) is 0 Å². The highest BCUT2D eigenvalue weighted by Crippen LogP contribution is 2.38. The fourth-order valence-electron chi connectivity index (χ4n) is 4.15. The molecule has 0 spiro atoms.